The van der Waals surface area contributed by atoms with Gasteiger partial charge in [0, 0.05) is 31.3 Å². The van der Waals surface area contributed by atoms with Gasteiger partial charge in [-0.05, 0) is 48.5 Å². The number of likely N-dealkylation sites (tertiary alicyclic amines) is 1. The molecule has 0 aliphatic carbocycles. The van der Waals surface area contributed by atoms with Crippen LogP contribution in [0.25, 0.3) is 6.08 Å². The van der Waals surface area contributed by atoms with Crippen molar-refractivity contribution < 1.29 is 9.59 Å². The van der Waals surface area contributed by atoms with Gasteiger partial charge in [0.15, 0.2) is 0 Å². The molecule has 2 atom stereocenters. The van der Waals surface area contributed by atoms with Crippen LogP contribution in [0.4, 0.5) is 17.1 Å². The Morgan fingerprint density at radius 3 is 2.55 bits per heavy atom. The first-order valence-corrected chi connectivity index (χ1v) is 10.8. The number of nitrogen functional groups attached to an aromatic ring is 1. The van der Waals surface area contributed by atoms with Crippen molar-refractivity contribution in [3.05, 3.63) is 90.3 Å². The number of rotatable bonds is 6. The third-order valence-corrected chi connectivity index (χ3v) is 5.78. The first-order valence-electron chi connectivity index (χ1n) is 10.8. The molecule has 0 radical (unpaired) electrons. The van der Waals surface area contributed by atoms with Gasteiger partial charge in [-0.15, -0.1) is 0 Å². The van der Waals surface area contributed by atoms with Gasteiger partial charge in [-0.25, -0.2) is 0 Å². The largest absolute Gasteiger partial charge is 0.397 e. The fraction of sp³-hybridized carbons (Fsp3) is 0.192. The number of likely N-dealkylation sites (N-methyl/N-ethyl adjacent to an activating group) is 1. The van der Waals surface area contributed by atoms with Crippen LogP contribution >= 0.6 is 0 Å². The summed E-state index contributed by atoms with van der Waals surface area (Å²) in [5.41, 5.74) is 9.67. The maximum absolute atomic E-state index is 12.9. The molecule has 2 heterocycles. The van der Waals surface area contributed by atoms with Crippen molar-refractivity contribution in [1.82, 2.24) is 9.88 Å². The van der Waals surface area contributed by atoms with E-state index < -0.39 is 0 Å². The van der Waals surface area contributed by atoms with E-state index in [4.69, 9.17) is 5.73 Å². The number of pyridine rings is 1. The molecular formula is C26H27N5O2. The van der Waals surface area contributed by atoms with Crippen molar-refractivity contribution in [3.63, 3.8) is 0 Å². The summed E-state index contributed by atoms with van der Waals surface area (Å²) in [5.74, 6) is -0.313. The van der Waals surface area contributed by atoms with E-state index in [-0.39, 0.29) is 23.7 Å². The molecular weight excluding hydrogens is 414 g/mol. The Morgan fingerprint density at radius 2 is 1.82 bits per heavy atom. The number of nitrogens with zero attached hydrogens (tertiary/aromatic N) is 2. The van der Waals surface area contributed by atoms with Gasteiger partial charge in [0.1, 0.15) is 0 Å². The molecule has 168 valence electrons. The highest BCUT2D eigenvalue weighted by Crippen LogP contribution is 2.33. The molecule has 1 aliphatic rings. The molecule has 7 nitrogen and oxygen atoms in total. The Bertz CT molecular complexity index is 1140. The third-order valence-electron chi connectivity index (χ3n) is 5.78. The van der Waals surface area contributed by atoms with E-state index in [2.05, 4.69) is 20.5 Å². The van der Waals surface area contributed by atoms with Crippen LogP contribution in [0.5, 0.6) is 0 Å². The zero-order chi connectivity index (χ0) is 23.2. The molecule has 2 unspecified atom stereocenters. The normalized spacial score (nSPS) is 18.3. The number of carbonyl (C=O) groups excluding carboxylic acids is 2. The van der Waals surface area contributed by atoms with Crippen LogP contribution in [0, 0.1) is 5.92 Å². The van der Waals surface area contributed by atoms with Crippen molar-refractivity contribution in [2.75, 3.05) is 36.5 Å². The summed E-state index contributed by atoms with van der Waals surface area (Å²) in [5, 5.41) is 5.75. The SMILES string of the molecule is CN1CC(C(=O)Nc2cccnc2)C(c2ccc(/C=C/C(=O)Nc3ccccc3N)cc2)C1. The molecule has 4 rings (SSSR count). The highest BCUT2D eigenvalue weighted by atomic mass is 16.2. The number of para-hydroxylation sites is 2. The number of amides is 2. The molecule has 1 aliphatic heterocycles. The molecule has 0 bridgehead atoms. The Labute approximate surface area is 193 Å². The van der Waals surface area contributed by atoms with Crippen LogP contribution in [0.15, 0.2) is 79.1 Å². The molecule has 0 spiro atoms. The number of carbonyl (C=O) groups is 2. The summed E-state index contributed by atoms with van der Waals surface area (Å²) < 4.78 is 0. The van der Waals surface area contributed by atoms with Gasteiger partial charge >= 0.3 is 0 Å². The fourth-order valence-electron chi connectivity index (χ4n) is 4.09. The molecule has 4 N–H and O–H groups in total. The van der Waals surface area contributed by atoms with E-state index in [1.807, 2.05) is 49.5 Å². The van der Waals surface area contributed by atoms with Crippen LogP contribution < -0.4 is 16.4 Å². The quantitative estimate of drug-likeness (QED) is 0.401. The Hall–Kier alpha value is -3.97. The first kappa shape index (κ1) is 22.2. The van der Waals surface area contributed by atoms with E-state index in [9.17, 15) is 9.59 Å². The summed E-state index contributed by atoms with van der Waals surface area (Å²) in [6.07, 6.45) is 6.56. The molecule has 1 aromatic heterocycles. The lowest BCUT2D eigenvalue weighted by Crippen LogP contribution is -2.28. The number of anilines is 3. The lowest BCUT2D eigenvalue weighted by molar-refractivity contribution is -0.119. The van der Waals surface area contributed by atoms with Gasteiger partial charge in [0.25, 0.3) is 0 Å². The van der Waals surface area contributed by atoms with E-state index in [0.717, 1.165) is 17.7 Å². The highest BCUT2D eigenvalue weighted by molar-refractivity contribution is 6.03. The summed E-state index contributed by atoms with van der Waals surface area (Å²) in [4.78, 5) is 31.4. The lowest BCUT2D eigenvalue weighted by atomic mass is 9.88. The Morgan fingerprint density at radius 1 is 1.03 bits per heavy atom. The Kier molecular flexibility index (Phi) is 6.80. The molecule has 1 fully saturated rings. The van der Waals surface area contributed by atoms with Gasteiger partial charge < -0.3 is 21.3 Å². The molecule has 1 saturated heterocycles. The average Bonchev–Trinajstić information content (AvgIpc) is 3.22. The van der Waals surface area contributed by atoms with Crippen molar-refractivity contribution in [2.45, 2.75) is 5.92 Å². The third kappa shape index (κ3) is 5.64. The van der Waals surface area contributed by atoms with Crippen molar-refractivity contribution in [1.29, 1.82) is 0 Å². The van der Waals surface area contributed by atoms with Crippen molar-refractivity contribution in [3.8, 4) is 0 Å². The minimum absolute atomic E-state index is 0.00169. The van der Waals surface area contributed by atoms with Crippen LogP contribution in [-0.2, 0) is 9.59 Å². The molecule has 2 aromatic carbocycles. The molecule has 2 amide bonds. The Balaban J connectivity index is 1.41. The van der Waals surface area contributed by atoms with Crippen LogP contribution in [0.2, 0.25) is 0 Å². The summed E-state index contributed by atoms with van der Waals surface area (Å²) in [6.45, 7) is 1.50. The van der Waals surface area contributed by atoms with Crippen LogP contribution in [0.1, 0.15) is 17.0 Å². The van der Waals surface area contributed by atoms with Gasteiger partial charge in [0.05, 0.1) is 29.2 Å². The second-order valence-electron chi connectivity index (χ2n) is 8.24. The highest BCUT2D eigenvalue weighted by Gasteiger charge is 2.37. The maximum Gasteiger partial charge on any atom is 0.248 e. The zero-order valence-electron chi connectivity index (χ0n) is 18.4. The van der Waals surface area contributed by atoms with Crippen molar-refractivity contribution >= 4 is 35.0 Å². The number of aromatic nitrogens is 1. The number of benzene rings is 2. The standard InChI is InChI=1S/C26H27N5O2/c1-31-16-21(22(17-31)26(33)29-20-5-4-14-28-15-20)19-11-8-18(9-12-19)10-13-25(32)30-24-7-3-2-6-23(24)27/h2-15,21-22H,16-17,27H2,1H3,(H,29,33)(H,30,32)/b13-10+. The van der Waals surface area contributed by atoms with E-state index in [1.54, 1.807) is 36.7 Å². The van der Waals surface area contributed by atoms with E-state index in [0.29, 0.717) is 23.6 Å². The van der Waals surface area contributed by atoms with Gasteiger partial charge in [-0.1, -0.05) is 36.4 Å². The van der Waals surface area contributed by atoms with Crippen LogP contribution in [0.3, 0.4) is 0 Å². The van der Waals surface area contributed by atoms with Gasteiger partial charge in [-0.2, -0.15) is 0 Å². The summed E-state index contributed by atoms with van der Waals surface area (Å²) in [6, 6.07) is 18.8. The zero-order valence-corrected chi connectivity index (χ0v) is 18.4. The average molecular weight is 442 g/mol. The molecule has 3 aromatic rings. The van der Waals surface area contributed by atoms with Crippen molar-refractivity contribution in [2.24, 2.45) is 5.92 Å². The predicted octanol–water partition coefficient (Wildman–Crippen LogP) is 3.60. The van der Waals surface area contributed by atoms with E-state index >= 15 is 0 Å². The second-order valence-corrected chi connectivity index (χ2v) is 8.24. The minimum atomic E-state index is -0.249. The molecule has 7 heteroatoms. The topological polar surface area (TPSA) is 100 Å². The monoisotopic (exact) mass is 441 g/mol. The lowest BCUT2D eigenvalue weighted by Gasteiger charge is -2.18. The maximum atomic E-state index is 12.9. The number of hydrogen-bond acceptors (Lipinski definition) is 5. The summed E-state index contributed by atoms with van der Waals surface area (Å²) in [7, 11) is 2.03. The molecule has 33 heavy (non-hydrogen) atoms. The molecule has 0 saturated carbocycles. The fourth-order valence-corrected chi connectivity index (χ4v) is 4.09. The van der Waals surface area contributed by atoms with Gasteiger partial charge in [0.2, 0.25) is 11.8 Å². The van der Waals surface area contributed by atoms with Crippen LogP contribution in [-0.4, -0.2) is 41.8 Å². The number of hydrogen-bond donors (Lipinski definition) is 3. The smallest absolute Gasteiger partial charge is 0.248 e. The first-order chi connectivity index (χ1) is 16.0. The van der Waals surface area contributed by atoms with Gasteiger partial charge in [-0.3, -0.25) is 14.6 Å². The predicted molar refractivity (Wildman–Crippen MR) is 132 cm³/mol. The number of nitrogens with two attached hydrogens (primary N) is 1. The minimum Gasteiger partial charge on any atom is -0.397 e. The number of nitrogens with one attached hydrogen (secondary N) is 2. The van der Waals surface area contributed by atoms with E-state index in [1.165, 1.54) is 6.08 Å². The second kappa shape index (κ2) is 10.1. The summed E-state index contributed by atoms with van der Waals surface area (Å²) >= 11 is 0.